The molecule has 2 heterocycles. The van der Waals surface area contributed by atoms with Crippen LogP contribution in [0, 0.1) is 5.21 Å². The molecule has 0 saturated heterocycles. The molecule has 0 amide bonds. The Labute approximate surface area is 167 Å². The van der Waals surface area contributed by atoms with Crippen molar-refractivity contribution in [2.24, 2.45) is 0 Å². The van der Waals surface area contributed by atoms with Gasteiger partial charge in [0.15, 0.2) is 6.20 Å². The molecule has 29 heavy (non-hydrogen) atoms. The van der Waals surface area contributed by atoms with Crippen LogP contribution >= 0.6 is 0 Å². The third-order valence-corrected chi connectivity index (χ3v) is 4.99. The molecule has 0 radical (unpaired) electrons. The smallest absolute Gasteiger partial charge is 0.227 e. The fraction of sp³-hybridized carbons (Fsp3) is 0.0870. The Morgan fingerprint density at radius 1 is 0.966 bits per heavy atom. The van der Waals surface area contributed by atoms with Crippen molar-refractivity contribution in [3.8, 4) is 11.4 Å². The fourth-order valence-corrected chi connectivity index (χ4v) is 3.45. The van der Waals surface area contributed by atoms with Crippen molar-refractivity contribution in [1.29, 1.82) is 0 Å². The van der Waals surface area contributed by atoms with E-state index in [1.54, 1.807) is 16.8 Å². The maximum absolute atomic E-state index is 12.0. The van der Waals surface area contributed by atoms with E-state index >= 15 is 0 Å². The van der Waals surface area contributed by atoms with Crippen LogP contribution in [0.4, 0.5) is 0 Å². The number of nitrogens with zero attached hydrogens (tertiary/aromatic N) is 4. The summed E-state index contributed by atoms with van der Waals surface area (Å²) in [7, 11) is 0. The highest BCUT2D eigenvalue weighted by Crippen LogP contribution is 2.28. The van der Waals surface area contributed by atoms with Gasteiger partial charge in [0.1, 0.15) is 17.5 Å². The number of aromatic nitrogens is 4. The Morgan fingerprint density at radius 2 is 1.83 bits per heavy atom. The third kappa shape index (κ3) is 3.14. The largest absolute Gasteiger partial charge is 0.618 e. The normalized spacial score (nSPS) is 12.3. The van der Waals surface area contributed by atoms with Crippen LogP contribution in [0.1, 0.15) is 18.7 Å². The van der Waals surface area contributed by atoms with Crippen molar-refractivity contribution < 1.29 is 9.47 Å². The quantitative estimate of drug-likeness (QED) is 0.342. The molecule has 0 aliphatic rings. The van der Waals surface area contributed by atoms with Gasteiger partial charge in [-0.25, -0.2) is 4.68 Å². The average Bonchev–Trinajstić information content (AvgIpc) is 3.25. The van der Waals surface area contributed by atoms with Crippen molar-refractivity contribution in [2.75, 3.05) is 0 Å². The fourth-order valence-electron chi connectivity index (χ4n) is 3.45. The van der Waals surface area contributed by atoms with Crippen molar-refractivity contribution in [3.05, 3.63) is 96.1 Å². The maximum atomic E-state index is 12.0. The summed E-state index contributed by atoms with van der Waals surface area (Å²) >= 11 is 0. The molecule has 1 unspecified atom stereocenters. The van der Waals surface area contributed by atoms with Crippen LogP contribution in [-0.2, 0) is 0 Å². The summed E-state index contributed by atoms with van der Waals surface area (Å²) in [5.74, 6) is 0.639. The molecule has 6 nitrogen and oxygen atoms in total. The molecule has 1 atom stereocenters. The van der Waals surface area contributed by atoms with Gasteiger partial charge in [0, 0.05) is 12.1 Å². The first kappa shape index (κ1) is 17.2. The highest BCUT2D eigenvalue weighted by Gasteiger charge is 2.16. The van der Waals surface area contributed by atoms with E-state index in [0.29, 0.717) is 17.0 Å². The van der Waals surface area contributed by atoms with Crippen LogP contribution < -0.4 is 9.47 Å². The Morgan fingerprint density at radius 3 is 2.72 bits per heavy atom. The summed E-state index contributed by atoms with van der Waals surface area (Å²) < 4.78 is 8.70. The zero-order chi connectivity index (χ0) is 19.8. The molecule has 0 fully saturated rings. The van der Waals surface area contributed by atoms with Crippen LogP contribution in [0.15, 0.2) is 85.2 Å². The number of rotatable bonds is 4. The van der Waals surface area contributed by atoms with E-state index in [4.69, 9.17) is 4.74 Å². The maximum Gasteiger partial charge on any atom is 0.227 e. The number of fused-ring (bicyclic) bond motifs is 2. The minimum absolute atomic E-state index is 0.324. The van der Waals surface area contributed by atoms with E-state index < -0.39 is 0 Å². The molecule has 142 valence electrons. The molecule has 6 heteroatoms. The lowest BCUT2D eigenvalue weighted by Gasteiger charge is -2.13. The Hall–Kier alpha value is -3.93. The second kappa shape index (κ2) is 6.91. The topological polar surface area (TPSA) is 66.9 Å². The lowest BCUT2D eigenvalue weighted by molar-refractivity contribution is -0.577. The minimum Gasteiger partial charge on any atom is -0.618 e. The Balaban J connectivity index is 1.44. The Kier molecular flexibility index (Phi) is 4.09. The molecular weight excluding hydrogens is 364 g/mol. The summed E-state index contributed by atoms with van der Waals surface area (Å²) in [4.78, 5) is 0. The van der Waals surface area contributed by atoms with Gasteiger partial charge in [-0.2, -0.15) is 4.73 Å². The zero-order valence-electron chi connectivity index (χ0n) is 15.8. The number of hydrogen-bond acceptors (Lipinski definition) is 4. The lowest BCUT2D eigenvalue weighted by atomic mass is 10.1. The zero-order valence-corrected chi connectivity index (χ0v) is 15.8. The Bertz CT molecular complexity index is 1330. The summed E-state index contributed by atoms with van der Waals surface area (Å²) in [6.07, 6.45) is 3.02. The first-order chi connectivity index (χ1) is 14.2. The van der Waals surface area contributed by atoms with E-state index in [2.05, 4.69) is 34.6 Å². The van der Waals surface area contributed by atoms with E-state index in [1.165, 1.54) is 11.6 Å². The highest BCUT2D eigenvalue weighted by molar-refractivity contribution is 5.84. The molecule has 0 saturated carbocycles. The van der Waals surface area contributed by atoms with Crippen LogP contribution in [0.25, 0.3) is 27.4 Å². The first-order valence-electron chi connectivity index (χ1n) is 9.38. The van der Waals surface area contributed by atoms with Gasteiger partial charge in [0.05, 0.1) is 17.3 Å². The van der Waals surface area contributed by atoms with Crippen LogP contribution in [0.5, 0.6) is 5.75 Å². The van der Waals surface area contributed by atoms with Gasteiger partial charge in [-0.15, -0.1) is 5.10 Å². The summed E-state index contributed by atoms with van der Waals surface area (Å²) in [5, 5.41) is 23.6. The van der Waals surface area contributed by atoms with E-state index in [-0.39, 0.29) is 6.10 Å². The monoisotopic (exact) mass is 382 g/mol. The van der Waals surface area contributed by atoms with Crippen LogP contribution in [-0.4, -0.2) is 15.0 Å². The standard InChI is InChI=1S/C23H18N4O2/c1-16(29-23-10-4-9-22-20(23)8-5-13-27(22)28)21-15-26(25-24-21)19-12-11-17-6-2-3-7-18(17)14-19/h2-16H,1H3. The average molecular weight is 382 g/mol. The number of ether oxygens (including phenoxy) is 1. The van der Waals surface area contributed by atoms with Gasteiger partial charge in [0.25, 0.3) is 0 Å². The van der Waals surface area contributed by atoms with Crippen molar-refractivity contribution >= 4 is 21.7 Å². The first-order valence-corrected chi connectivity index (χ1v) is 9.38. The van der Waals surface area contributed by atoms with Crippen LogP contribution in [0.2, 0.25) is 0 Å². The van der Waals surface area contributed by atoms with Gasteiger partial charge in [-0.05, 0) is 42.0 Å². The molecule has 3 aromatic carbocycles. The number of pyridine rings is 1. The second-order valence-corrected chi connectivity index (χ2v) is 6.90. The van der Waals surface area contributed by atoms with Gasteiger partial charge >= 0.3 is 0 Å². The van der Waals surface area contributed by atoms with E-state index in [0.717, 1.165) is 21.2 Å². The minimum atomic E-state index is -0.324. The molecule has 0 N–H and O–H groups in total. The molecule has 0 spiro atoms. The molecule has 5 rings (SSSR count). The van der Waals surface area contributed by atoms with Gasteiger partial charge < -0.3 is 9.94 Å². The predicted molar refractivity (Wildman–Crippen MR) is 111 cm³/mol. The van der Waals surface area contributed by atoms with E-state index in [1.807, 2.05) is 49.5 Å². The molecular formula is C23H18N4O2. The van der Waals surface area contributed by atoms with E-state index in [9.17, 15) is 5.21 Å². The van der Waals surface area contributed by atoms with Crippen molar-refractivity contribution in [1.82, 2.24) is 15.0 Å². The summed E-state index contributed by atoms with van der Waals surface area (Å²) in [6, 6.07) is 23.4. The molecule has 5 aromatic rings. The van der Waals surface area contributed by atoms with Crippen molar-refractivity contribution in [3.63, 3.8) is 0 Å². The SMILES string of the molecule is CC(Oc1cccc2c1ccc[n+]2[O-])c1cn(-c2ccc3ccccc3c2)nn1. The molecule has 2 aromatic heterocycles. The van der Waals surface area contributed by atoms with Gasteiger partial charge in [-0.1, -0.05) is 41.6 Å². The highest BCUT2D eigenvalue weighted by atomic mass is 16.5. The van der Waals surface area contributed by atoms with Crippen LogP contribution in [0.3, 0.4) is 0 Å². The molecule has 0 aliphatic carbocycles. The summed E-state index contributed by atoms with van der Waals surface area (Å²) in [6.45, 7) is 1.92. The number of hydrogen-bond donors (Lipinski definition) is 0. The lowest BCUT2D eigenvalue weighted by Crippen LogP contribution is -2.25. The van der Waals surface area contributed by atoms with Crippen molar-refractivity contribution in [2.45, 2.75) is 13.0 Å². The number of benzene rings is 3. The summed E-state index contributed by atoms with van der Waals surface area (Å²) in [5.41, 5.74) is 2.21. The predicted octanol–water partition coefficient (Wildman–Crippen LogP) is 4.35. The third-order valence-electron chi connectivity index (χ3n) is 4.99. The molecule has 0 aliphatic heterocycles. The second-order valence-electron chi connectivity index (χ2n) is 6.90. The van der Waals surface area contributed by atoms with Gasteiger partial charge in [-0.3, -0.25) is 0 Å². The molecule has 0 bridgehead atoms. The van der Waals surface area contributed by atoms with Gasteiger partial charge in [0.2, 0.25) is 5.52 Å².